The number of hydrogen-bond acceptors (Lipinski definition) is 2. The molecule has 4 nitrogen and oxygen atoms in total. The monoisotopic (exact) mass is 162 g/mol. The first-order valence-corrected chi connectivity index (χ1v) is 3.86. The van der Waals surface area contributed by atoms with Crippen LogP contribution in [-0.4, -0.2) is 20.4 Å². The Bertz CT molecular complexity index is 288. The largest absolute Gasteiger partial charge is 0.282 e. The highest BCUT2D eigenvalue weighted by Crippen LogP contribution is 2.18. The van der Waals surface area contributed by atoms with E-state index in [2.05, 4.69) is 27.3 Å². The molecule has 12 heavy (non-hydrogen) atoms. The number of rotatable bonds is 2. The SMILES string of the molecule is CC(c1ccn[nH]1)c1ccn[nH]1. The number of nitrogens with one attached hydrogen (secondary N) is 2. The van der Waals surface area contributed by atoms with Crippen LogP contribution in [0, 0.1) is 0 Å². The lowest BCUT2D eigenvalue weighted by molar-refractivity contribution is 0.810. The number of aromatic amines is 2. The van der Waals surface area contributed by atoms with Gasteiger partial charge in [-0.3, -0.25) is 10.2 Å². The fourth-order valence-corrected chi connectivity index (χ4v) is 1.18. The number of H-pyrrole nitrogens is 2. The van der Waals surface area contributed by atoms with Crippen LogP contribution in [0.25, 0.3) is 0 Å². The standard InChI is InChI=1S/C8H10N4/c1-6(7-2-4-9-11-7)8-3-5-10-12-8/h2-6H,1H3,(H,9,11)(H,10,12). The van der Waals surface area contributed by atoms with Crippen molar-refractivity contribution in [2.45, 2.75) is 12.8 Å². The molecule has 0 aliphatic carbocycles. The van der Waals surface area contributed by atoms with Gasteiger partial charge in [0.2, 0.25) is 0 Å². The molecule has 0 aromatic carbocycles. The normalized spacial score (nSPS) is 10.8. The predicted octanol–water partition coefficient (Wildman–Crippen LogP) is 1.28. The van der Waals surface area contributed by atoms with Gasteiger partial charge in [0.25, 0.3) is 0 Å². The van der Waals surface area contributed by atoms with E-state index in [4.69, 9.17) is 0 Å². The molecule has 2 aromatic heterocycles. The van der Waals surface area contributed by atoms with Gasteiger partial charge >= 0.3 is 0 Å². The summed E-state index contributed by atoms with van der Waals surface area (Å²) in [5.74, 6) is 0.301. The fourth-order valence-electron chi connectivity index (χ4n) is 1.18. The summed E-state index contributed by atoms with van der Waals surface area (Å²) in [7, 11) is 0. The van der Waals surface area contributed by atoms with Gasteiger partial charge in [-0.1, -0.05) is 6.92 Å². The molecule has 0 amide bonds. The average Bonchev–Trinajstić information content (AvgIpc) is 2.77. The predicted molar refractivity (Wildman–Crippen MR) is 44.7 cm³/mol. The first-order valence-electron chi connectivity index (χ1n) is 3.86. The molecule has 0 unspecified atom stereocenters. The Labute approximate surface area is 70.0 Å². The molecule has 0 aliphatic heterocycles. The second-order valence-corrected chi connectivity index (χ2v) is 2.75. The molecule has 2 N–H and O–H groups in total. The van der Waals surface area contributed by atoms with Crippen molar-refractivity contribution < 1.29 is 0 Å². The smallest absolute Gasteiger partial charge is 0.0490 e. The van der Waals surface area contributed by atoms with Crippen molar-refractivity contribution >= 4 is 0 Å². The van der Waals surface area contributed by atoms with Crippen LogP contribution in [-0.2, 0) is 0 Å². The van der Waals surface area contributed by atoms with Crippen molar-refractivity contribution in [2.75, 3.05) is 0 Å². The number of hydrogen-bond donors (Lipinski definition) is 2. The molecule has 62 valence electrons. The van der Waals surface area contributed by atoms with Crippen molar-refractivity contribution in [2.24, 2.45) is 0 Å². The van der Waals surface area contributed by atoms with E-state index in [-0.39, 0.29) is 0 Å². The zero-order valence-electron chi connectivity index (χ0n) is 6.78. The lowest BCUT2D eigenvalue weighted by atomic mass is 10.1. The van der Waals surface area contributed by atoms with E-state index in [9.17, 15) is 0 Å². The molecule has 2 aromatic rings. The summed E-state index contributed by atoms with van der Waals surface area (Å²) in [5.41, 5.74) is 2.19. The van der Waals surface area contributed by atoms with E-state index in [0.29, 0.717) is 5.92 Å². The van der Waals surface area contributed by atoms with Gasteiger partial charge in [0.1, 0.15) is 0 Å². The molecule has 0 saturated carbocycles. The van der Waals surface area contributed by atoms with Crippen LogP contribution in [0.1, 0.15) is 24.2 Å². The Morgan fingerprint density at radius 1 is 1.08 bits per heavy atom. The van der Waals surface area contributed by atoms with Gasteiger partial charge in [0.05, 0.1) is 0 Å². The zero-order chi connectivity index (χ0) is 8.39. The van der Waals surface area contributed by atoms with E-state index < -0.39 is 0 Å². The van der Waals surface area contributed by atoms with Crippen LogP contribution < -0.4 is 0 Å². The lowest BCUT2D eigenvalue weighted by Crippen LogP contribution is -1.96. The fraction of sp³-hybridized carbons (Fsp3) is 0.250. The Morgan fingerprint density at radius 2 is 1.58 bits per heavy atom. The van der Waals surface area contributed by atoms with E-state index in [1.165, 1.54) is 0 Å². The zero-order valence-corrected chi connectivity index (χ0v) is 6.78. The Hall–Kier alpha value is -1.58. The van der Waals surface area contributed by atoms with Crippen LogP contribution in [0.2, 0.25) is 0 Å². The average molecular weight is 162 g/mol. The third-order valence-corrected chi connectivity index (χ3v) is 1.98. The highest BCUT2D eigenvalue weighted by atomic mass is 15.1. The quantitative estimate of drug-likeness (QED) is 0.699. The molecule has 0 bridgehead atoms. The summed E-state index contributed by atoms with van der Waals surface area (Å²) in [6.45, 7) is 2.10. The van der Waals surface area contributed by atoms with Crippen molar-refractivity contribution in [3.63, 3.8) is 0 Å². The highest BCUT2D eigenvalue weighted by molar-refractivity contribution is 5.18. The van der Waals surface area contributed by atoms with E-state index >= 15 is 0 Å². The highest BCUT2D eigenvalue weighted by Gasteiger charge is 2.09. The maximum absolute atomic E-state index is 3.89. The molecule has 0 aliphatic rings. The molecular weight excluding hydrogens is 152 g/mol. The first kappa shape index (κ1) is 7.09. The minimum absolute atomic E-state index is 0.301. The second-order valence-electron chi connectivity index (χ2n) is 2.75. The molecule has 2 heterocycles. The van der Waals surface area contributed by atoms with E-state index in [1.807, 2.05) is 12.1 Å². The van der Waals surface area contributed by atoms with Gasteiger partial charge in [-0.05, 0) is 12.1 Å². The third-order valence-electron chi connectivity index (χ3n) is 1.98. The third kappa shape index (κ3) is 1.11. The van der Waals surface area contributed by atoms with Crippen molar-refractivity contribution in [3.8, 4) is 0 Å². The van der Waals surface area contributed by atoms with Gasteiger partial charge in [-0.25, -0.2) is 0 Å². The lowest BCUT2D eigenvalue weighted by Gasteiger charge is -2.04. The van der Waals surface area contributed by atoms with Crippen LogP contribution in [0.5, 0.6) is 0 Å². The summed E-state index contributed by atoms with van der Waals surface area (Å²) in [5, 5.41) is 13.6. The summed E-state index contributed by atoms with van der Waals surface area (Å²) >= 11 is 0. The molecule has 0 radical (unpaired) electrons. The Morgan fingerprint density at radius 3 is 1.92 bits per heavy atom. The van der Waals surface area contributed by atoms with Crippen molar-refractivity contribution in [1.29, 1.82) is 0 Å². The number of aromatic nitrogens is 4. The molecule has 0 saturated heterocycles. The van der Waals surface area contributed by atoms with Crippen LogP contribution in [0.4, 0.5) is 0 Å². The Kier molecular flexibility index (Phi) is 1.66. The van der Waals surface area contributed by atoms with Gasteiger partial charge in [-0.15, -0.1) is 0 Å². The summed E-state index contributed by atoms with van der Waals surface area (Å²) < 4.78 is 0. The molecular formula is C8H10N4. The van der Waals surface area contributed by atoms with Crippen molar-refractivity contribution in [3.05, 3.63) is 35.9 Å². The van der Waals surface area contributed by atoms with Crippen LogP contribution >= 0.6 is 0 Å². The van der Waals surface area contributed by atoms with Crippen LogP contribution in [0.3, 0.4) is 0 Å². The molecule has 0 spiro atoms. The summed E-state index contributed by atoms with van der Waals surface area (Å²) in [6.07, 6.45) is 3.50. The van der Waals surface area contributed by atoms with Crippen LogP contribution in [0.15, 0.2) is 24.5 Å². The topological polar surface area (TPSA) is 57.4 Å². The maximum atomic E-state index is 3.89. The number of nitrogens with zero attached hydrogens (tertiary/aromatic N) is 2. The first-order chi connectivity index (χ1) is 5.88. The van der Waals surface area contributed by atoms with Gasteiger partial charge < -0.3 is 0 Å². The molecule has 0 fully saturated rings. The Balaban J connectivity index is 2.27. The minimum atomic E-state index is 0.301. The molecule has 4 heteroatoms. The van der Waals surface area contributed by atoms with E-state index in [0.717, 1.165) is 11.4 Å². The van der Waals surface area contributed by atoms with Gasteiger partial charge in [0, 0.05) is 29.7 Å². The minimum Gasteiger partial charge on any atom is -0.282 e. The molecule has 2 rings (SSSR count). The summed E-state index contributed by atoms with van der Waals surface area (Å²) in [6, 6.07) is 3.93. The van der Waals surface area contributed by atoms with Gasteiger partial charge in [0.15, 0.2) is 0 Å². The maximum Gasteiger partial charge on any atom is 0.0490 e. The van der Waals surface area contributed by atoms with E-state index in [1.54, 1.807) is 12.4 Å². The summed E-state index contributed by atoms with van der Waals surface area (Å²) in [4.78, 5) is 0. The van der Waals surface area contributed by atoms with Gasteiger partial charge in [-0.2, -0.15) is 10.2 Å². The van der Waals surface area contributed by atoms with Crippen molar-refractivity contribution in [1.82, 2.24) is 20.4 Å². The second kappa shape index (κ2) is 2.81. The molecule has 0 atom stereocenters.